The van der Waals surface area contributed by atoms with Gasteiger partial charge in [-0.3, -0.25) is 0 Å². The molecule has 0 amide bonds. The molecule has 1 aromatic rings. The fraction of sp³-hybridized carbons (Fsp3) is 0.500. The molecule has 0 spiro atoms. The van der Waals surface area contributed by atoms with Crippen LogP contribution in [0.3, 0.4) is 0 Å². The minimum Gasteiger partial charge on any atom is -0.321 e. The fourth-order valence-electron chi connectivity index (χ4n) is 2.44. The molecule has 2 rings (SSSR count). The summed E-state index contributed by atoms with van der Waals surface area (Å²) in [5.41, 5.74) is 6.79. The van der Waals surface area contributed by atoms with Gasteiger partial charge < -0.3 is 5.73 Å². The molecule has 15 heavy (non-hydrogen) atoms. The van der Waals surface area contributed by atoms with E-state index >= 15 is 0 Å². The summed E-state index contributed by atoms with van der Waals surface area (Å²) in [5, 5.41) is 0. The van der Waals surface area contributed by atoms with Gasteiger partial charge >= 0.3 is 0 Å². The average molecular weight is 211 g/mol. The third-order valence-electron chi connectivity index (χ3n) is 3.34. The first-order valence-electron chi connectivity index (χ1n) is 5.28. The number of benzene rings is 1. The highest BCUT2D eigenvalue weighted by Crippen LogP contribution is 2.38. The first-order valence-corrected chi connectivity index (χ1v) is 5.28. The molecule has 1 aliphatic carbocycles. The standard InChI is InChI=1S/C12H15F2N/c1-8-10(6-9(13)7-11(8)14)12(15)4-2-3-5-12/h6-7H,2-5,15H2,1H3. The van der Waals surface area contributed by atoms with Crippen molar-refractivity contribution in [1.29, 1.82) is 0 Å². The third-order valence-corrected chi connectivity index (χ3v) is 3.34. The lowest BCUT2D eigenvalue weighted by atomic mass is 9.86. The average Bonchev–Trinajstić information content (AvgIpc) is 2.59. The van der Waals surface area contributed by atoms with Crippen LogP contribution in [-0.2, 0) is 5.54 Å². The molecule has 1 nitrogen and oxygen atoms in total. The lowest BCUT2D eigenvalue weighted by Crippen LogP contribution is -2.34. The van der Waals surface area contributed by atoms with Crippen molar-refractivity contribution in [2.45, 2.75) is 38.1 Å². The Morgan fingerprint density at radius 2 is 1.80 bits per heavy atom. The molecule has 0 saturated heterocycles. The summed E-state index contributed by atoms with van der Waals surface area (Å²) >= 11 is 0. The Hall–Kier alpha value is -0.960. The summed E-state index contributed by atoms with van der Waals surface area (Å²) in [4.78, 5) is 0. The van der Waals surface area contributed by atoms with Crippen molar-refractivity contribution in [3.8, 4) is 0 Å². The van der Waals surface area contributed by atoms with E-state index in [4.69, 9.17) is 5.73 Å². The highest BCUT2D eigenvalue weighted by atomic mass is 19.1. The lowest BCUT2D eigenvalue weighted by Gasteiger charge is -2.26. The Bertz CT molecular complexity index is 381. The number of halogens is 2. The SMILES string of the molecule is Cc1c(F)cc(F)cc1C1(N)CCCC1. The second-order valence-corrected chi connectivity index (χ2v) is 4.42. The van der Waals surface area contributed by atoms with Gasteiger partial charge in [0.25, 0.3) is 0 Å². The van der Waals surface area contributed by atoms with Crippen LogP contribution in [0.15, 0.2) is 12.1 Å². The van der Waals surface area contributed by atoms with E-state index in [0.717, 1.165) is 31.7 Å². The van der Waals surface area contributed by atoms with Crippen molar-refractivity contribution in [3.63, 3.8) is 0 Å². The van der Waals surface area contributed by atoms with Gasteiger partial charge in [-0.1, -0.05) is 12.8 Å². The molecule has 2 N–H and O–H groups in total. The summed E-state index contributed by atoms with van der Waals surface area (Å²) < 4.78 is 26.5. The van der Waals surface area contributed by atoms with Crippen molar-refractivity contribution >= 4 is 0 Å². The van der Waals surface area contributed by atoms with E-state index in [2.05, 4.69) is 0 Å². The van der Waals surface area contributed by atoms with Gasteiger partial charge in [-0.15, -0.1) is 0 Å². The minimum atomic E-state index is -0.537. The number of nitrogens with two attached hydrogens (primary N) is 1. The summed E-state index contributed by atoms with van der Waals surface area (Å²) in [7, 11) is 0. The monoisotopic (exact) mass is 211 g/mol. The molecule has 0 heterocycles. The van der Waals surface area contributed by atoms with Crippen molar-refractivity contribution in [2.75, 3.05) is 0 Å². The van der Waals surface area contributed by atoms with Crippen LogP contribution in [0.4, 0.5) is 8.78 Å². The van der Waals surface area contributed by atoms with Crippen LogP contribution in [0.1, 0.15) is 36.8 Å². The van der Waals surface area contributed by atoms with Gasteiger partial charge in [0, 0.05) is 11.6 Å². The van der Waals surface area contributed by atoms with Crippen LogP contribution in [0, 0.1) is 18.6 Å². The van der Waals surface area contributed by atoms with Crippen LogP contribution in [0.2, 0.25) is 0 Å². The van der Waals surface area contributed by atoms with E-state index in [9.17, 15) is 8.78 Å². The maximum Gasteiger partial charge on any atom is 0.129 e. The minimum absolute atomic E-state index is 0.487. The zero-order chi connectivity index (χ0) is 11.1. The largest absolute Gasteiger partial charge is 0.321 e. The van der Waals surface area contributed by atoms with Crippen LogP contribution < -0.4 is 5.73 Å². The summed E-state index contributed by atoms with van der Waals surface area (Å²) in [6.45, 7) is 1.66. The van der Waals surface area contributed by atoms with E-state index < -0.39 is 17.2 Å². The van der Waals surface area contributed by atoms with E-state index in [1.165, 1.54) is 6.07 Å². The molecule has 1 fully saturated rings. The van der Waals surface area contributed by atoms with Crippen molar-refractivity contribution < 1.29 is 8.78 Å². The van der Waals surface area contributed by atoms with Crippen LogP contribution in [0.5, 0.6) is 0 Å². The molecular weight excluding hydrogens is 196 g/mol. The van der Waals surface area contributed by atoms with Gasteiger partial charge in [0.1, 0.15) is 11.6 Å². The predicted molar refractivity (Wildman–Crippen MR) is 55.4 cm³/mol. The van der Waals surface area contributed by atoms with Gasteiger partial charge in [0.15, 0.2) is 0 Å². The van der Waals surface area contributed by atoms with E-state index in [0.29, 0.717) is 11.1 Å². The normalized spacial score (nSPS) is 19.5. The highest BCUT2D eigenvalue weighted by Gasteiger charge is 2.33. The Morgan fingerprint density at radius 1 is 1.20 bits per heavy atom. The second-order valence-electron chi connectivity index (χ2n) is 4.42. The summed E-state index contributed by atoms with van der Waals surface area (Å²) in [6.07, 6.45) is 3.70. The quantitative estimate of drug-likeness (QED) is 0.759. The number of hydrogen-bond acceptors (Lipinski definition) is 1. The first-order chi connectivity index (χ1) is 7.03. The Labute approximate surface area is 88.3 Å². The van der Waals surface area contributed by atoms with Crippen molar-refractivity contribution in [1.82, 2.24) is 0 Å². The Morgan fingerprint density at radius 3 is 2.40 bits per heavy atom. The fourth-order valence-corrected chi connectivity index (χ4v) is 2.44. The molecule has 1 saturated carbocycles. The Balaban J connectivity index is 2.51. The molecule has 0 radical (unpaired) electrons. The second kappa shape index (κ2) is 3.56. The molecule has 0 aliphatic heterocycles. The van der Waals surface area contributed by atoms with E-state index in [1.807, 2.05) is 0 Å². The Kier molecular flexibility index (Phi) is 2.51. The maximum atomic E-state index is 13.4. The smallest absolute Gasteiger partial charge is 0.129 e. The lowest BCUT2D eigenvalue weighted by molar-refractivity contribution is 0.448. The van der Waals surface area contributed by atoms with Gasteiger partial charge in [-0.05, 0) is 37.0 Å². The predicted octanol–water partition coefficient (Wildman–Crippen LogP) is 3.00. The molecule has 3 heteroatoms. The molecule has 0 aromatic heterocycles. The molecule has 0 unspecified atom stereocenters. The molecular formula is C12H15F2N. The number of hydrogen-bond donors (Lipinski definition) is 1. The molecule has 1 aliphatic rings. The third kappa shape index (κ3) is 1.76. The van der Waals surface area contributed by atoms with Gasteiger partial charge in [-0.2, -0.15) is 0 Å². The zero-order valence-corrected chi connectivity index (χ0v) is 8.82. The van der Waals surface area contributed by atoms with Crippen LogP contribution in [0.25, 0.3) is 0 Å². The molecule has 0 bridgehead atoms. The van der Waals surface area contributed by atoms with Gasteiger partial charge in [0.2, 0.25) is 0 Å². The van der Waals surface area contributed by atoms with E-state index in [-0.39, 0.29) is 0 Å². The van der Waals surface area contributed by atoms with E-state index in [1.54, 1.807) is 6.92 Å². The van der Waals surface area contributed by atoms with Crippen molar-refractivity contribution in [3.05, 3.63) is 34.9 Å². The van der Waals surface area contributed by atoms with Crippen LogP contribution >= 0.6 is 0 Å². The molecule has 82 valence electrons. The van der Waals surface area contributed by atoms with Gasteiger partial charge in [0.05, 0.1) is 0 Å². The number of rotatable bonds is 1. The van der Waals surface area contributed by atoms with Crippen molar-refractivity contribution in [2.24, 2.45) is 5.73 Å². The topological polar surface area (TPSA) is 26.0 Å². The summed E-state index contributed by atoms with van der Waals surface area (Å²) in [6, 6.07) is 2.29. The zero-order valence-electron chi connectivity index (χ0n) is 8.82. The maximum absolute atomic E-state index is 13.4. The molecule has 0 atom stereocenters. The first kappa shape index (κ1) is 10.6. The molecule has 1 aromatic carbocycles. The van der Waals surface area contributed by atoms with Crippen LogP contribution in [-0.4, -0.2) is 0 Å². The van der Waals surface area contributed by atoms with Gasteiger partial charge in [-0.25, -0.2) is 8.78 Å². The summed E-state index contributed by atoms with van der Waals surface area (Å²) in [5.74, 6) is -1.04. The highest BCUT2D eigenvalue weighted by molar-refractivity contribution is 5.35.